The minimum Gasteiger partial charge on any atom is -0.313 e. The van der Waals surface area contributed by atoms with Gasteiger partial charge in [-0.25, -0.2) is 15.0 Å². The van der Waals surface area contributed by atoms with Gasteiger partial charge in [0.2, 0.25) is 0 Å². The molecule has 0 aliphatic carbocycles. The number of aromatic nitrogens is 4. The molecule has 0 saturated heterocycles. The number of fused-ring (bicyclic) bond motifs is 2. The molecule has 17 heteroatoms. The van der Waals surface area contributed by atoms with Crippen molar-refractivity contribution < 1.29 is 14.4 Å². The van der Waals surface area contributed by atoms with Crippen LogP contribution in [-0.2, 0) is 4.57 Å². The molecule has 2 heterocycles. The minimum atomic E-state index is -3.22. The quantitative estimate of drug-likeness (QED) is 0.138. The van der Waals surface area contributed by atoms with Crippen LogP contribution in [0.25, 0.3) is 21.8 Å². The number of nitrogens with zero attached hydrogens (tertiary/aromatic N) is 5. The second kappa shape index (κ2) is 11.3. The van der Waals surface area contributed by atoms with Crippen molar-refractivity contribution in [3.63, 3.8) is 0 Å². The largest absolute Gasteiger partial charge is 0.339 e. The van der Waals surface area contributed by atoms with Crippen LogP contribution in [0.15, 0.2) is 53.8 Å². The van der Waals surface area contributed by atoms with E-state index >= 15 is 0 Å². The molecule has 33 heavy (non-hydrogen) atoms. The number of hydrogen-bond acceptors (Lipinski definition) is 9. The van der Waals surface area contributed by atoms with Crippen LogP contribution < -0.4 is 5.56 Å². The van der Waals surface area contributed by atoms with Gasteiger partial charge < -0.3 is 4.98 Å². The van der Waals surface area contributed by atoms with Crippen molar-refractivity contribution in [3.8, 4) is 0 Å². The monoisotopic (exact) mass is 552 g/mol. The predicted octanol–water partition coefficient (Wildman–Crippen LogP) is 5.83. The van der Waals surface area contributed by atoms with Crippen LogP contribution in [0.1, 0.15) is 0 Å². The lowest BCUT2D eigenvalue weighted by Gasteiger charge is -1.97. The van der Waals surface area contributed by atoms with Crippen LogP contribution in [0.3, 0.4) is 0 Å². The first-order valence-electron chi connectivity index (χ1n) is 8.22. The van der Waals surface area contributed by atoms with Gasteiger partial charge in [0.25, 0.3) is 16.9 Å². The summed E-state index contributed by atoms with van der Waals surface area (Å²) in [6.45, 7) is 0. The average molecular weight is 554 g/mol. The molecule has 0 radical (unpaired) electrons. The number of nitrogens with one attached hydrogen (secondary N) is 1. The summed E-state index contributed by atoms with van der Waals surface area (Å²) < 4.78 is 9.51. The molecule has 0 aliphatic heterocycles. The molecular formula is C16H9Cl4N6O6P. The van der Waals surface area contributed by atoms with Crippen molar-refractivity contribution in [1.29, 1.82) is 0 Å². The second-order valence-corrected chi connectivity index (χ2v) is 12.7. The third-order valence-corrected chi connectivity index (χ3v) is 3.92. The summed E-state index contributed by atoms with van der Waals surface area (Å²) in [5.41, 5.74) is 0.527. The Morgan fingerprint density at radius 1 is 0.848 bits per heavy atom. The summed E-state index contributed by atoms with van der Waals surface area (Å²) in [6.07, 6.45) is 2.58. The first kappa shape index (κ1) is 26.4. The molecule has 12 nitrogen and oxygen atoms in total. The van der Waals surface area contributed by atoms with Crippen molar-refractivity contribution in [3.05, 3.63) is 84.8 Å². The Hall–Kier alpha value is -2.89. The van der Waals surface area contributed by atoms with Gasteiger partial charge in [0, 0.05) is 29.7 Å². The van der Waals surface area contributed by atoms with Gasteiger partial charge in [0.15, 0.2) is 0 Å². The lowest BCUT2D eigenvalue weighted by atomic mass is 10.2. The maximum absolute atomic E-state index is 11.2. The molecule has 4 aromatic rings. The van der Waals surface area contributed by atoms with E-state index in [0.29, 0.717) is 16.4 Å². The highest BCUT2D eigenvalue weighted by Crippen LogP contribution is 2.61. The van der Waals surface area contributed by atoms with Gasteiger partial charge in [-0.1, -0.05) is 11.6 Å². The molecule has 2 aromatic heterocycles. The summed E-state index contributed by atoms with van der Waals surface area (Å²) in [5.74, 6) is 0. The van der Waals surface area contributed by atoms with Crippen molar-refractivity contribution in [1.82, 2.24) is 19.9 Å². The highest BCUT2D eigenvalue weighted by Gasteiger charge is 2.09. The highest BCUT2D eigenvalue weighted by molar-refractivity contribution is 8.24. The molecule has 0 fully saturated rings. The molecule has 0 bridgehead atoms. The molecule has 172 valence electrons. The molecule has 0 saturated carbocycles. The molecule has 4 rings (SSSR count). The molecule has 0 unspecified atom stereocenters. The number of nitro groups is 2. The van der Waals surface area contributed by atoms with Crippen LogP contribution in [0.4, 0.5) is 11.4 Å². The lowest BCUT2D eigenvalue weighted by Crippen LogP contribution is -2.06. The van der Waals surface area contributed by atoms with E-state index in [2.05, 4.69) is 53.7 Å². The van der Waals surface area contributed by atoms with Crippen molar-refractivity contribution in [2.24, 2.45) is 0 Å². The number of halogens is 4. The Labute approximate surface area is 202 Å². The van der Waals surface area contributed by atoms with E-state index in [4.69, 9.17) is 11.6 Å². The standard InChI is InChI=1S/C8H4ClN3O2.C8H5N3O3.Cl3OP/c9-8-6-3-5(12(13)14)1-2-7(6)10-4-11-8;12-8-6-3-5(11(13)14)1-2-7(6)9-4-10-8;1-5(2,3)4/h1-4H;1-4H,(H,9,10,12);. The Bertz CT molecular complexity index is 1440. The maximum atomic E-state index is 11.2. The van der Waals surface area contributed by atoms with Crippen LogP contribution >= 0.6 is 50.5 Å². The SMILES string of the molecule is O=P(Cl)(Cl)Cl.O=[N+]([O-])c1ccc2ncnc(Cl)c2c1.O=c1[nH]cnc2ccc([N+](=O)[O-])cc12. The Morgan fingerprint density at radius 2 is 1.33 bits per heavy atom. The molecule has 0 aliphatic rings. The van der Waals surface area contributed by atoms with Crippen LogP contribution in [0.5, 0.6) is 0 Å². The average Bonchev–Trinajstić information content (AvgIpc) is 2.73. The van der Waals surface area contributed by atoms with Crippen molar-refractivity contribution in [2.45, 2.75) is 0 Å². The zero-order chi connectivity index (χ0) is 24.8. The van der Waals surface area contributed by atoms with Gasteiger partial charge in [-0.2, -0.15) is 0 Å². The summed E-state index contributed by atoms with van der Waals surface area (Å²) in [7, 11) is 0. The third kappa shape index (κ3) is 8.19. The summed E-state index contributed by atoms with van der Waals surface area (Å²) in [6, 6.07) is 8.25. The van der Waals surface area contributed by atoms with E-state index in [1.165, 1.54) is 43.0 Å². The number of nitro benzene ring substituents is 2. The summed E-state index contributed by atoms with van der Waals surface area (Å²) in [4.78, 5) is 45.0. The topological polar surface area (TPSA) is 175 Å². The zero-order valence-corrected chi connectivity index (χ0v) is 19.7. The molecule has 0 atom stereocenters. The van der Waals surface area contributed by atoms with Crippen LogP contribution in [0.2, 0.25) is 5.15 Å². The van der Waals surface area contributed by atoms with Gasteiger partial charge in [0.1, 0.15) is 11.5 Å². The normalized spacial score (nSPS) is 10.5. The van der Waals surface area contributed by atoms with Gasteiger partial charge in [-0.05, 0) is 45.9 Å². The smallest absolute Gasteiger partial charge is 0.313 e. The number of aromatic amines is 1. The fourth-order valence-corrected chi connectivity index (χ4v) is 2.49. The minimum absolute atomic E-state index is 0.0193. The third-order valence-electron chi connectivity index (χ3n) is 3.62. The Balaban J connectivity index is 0.000000195. The van der Waals surface area contributed by atoms with E-state index in [1.54, 1.807) is 6.07 Å². The van der Waals surface area contributed by atoms with Gasteiger partial charge in [0.05, 0.1) is 32.6 Å². The lowest BCUT2D eigenvalue weighted by molar-refractivity contribution is -0.384. The van der Waals surface area contributed by atoms with E-state index in [9.17, 15) is 29.6 Å². The Kier molecular flexibility index (Phi) is 9.03. The van der Waals surface area contributed by atoms with Crippen molar-refractivity contribution in [2.75, 3.05) is 0 Å². The molecular weight excluding hydrogens is 545 g/mol. The van der Waals surface area contributed by atoms with Crippen molar-refractivity contribution >= 4 is 83.7 Å². The first-order valence-corrected chi connectivity index (χ1v) is 13.0. The van der Waals surface area contributed by atoms with Gasteiger partial charge >= 0.3 is 5.20 Å². The number of non-ortho nitro benzene ring substituents is 2. The summed E-state index contributed by atoms with van der Waals surface area (Å²) >= 11 is 19.6. The number of H-pyrrole nitrogens is 1. The predicted molar refractivity (Wildman–Crippen MR) is 125 cm³/mol. The fraction of sp³-hybridized carbons (Fsp3) is 0. The Morgan fingerprint density at radius 3 is 1.85 bits per heavy atom. The second-order valence-electron chi connectivity index (χ2n) is 5.71. The van der Waals surface area contributed by atoms with Gasteiger partial charge in [-0.3, -0.25) is 29.6 Å². The van der Waals surface area contributed by atoms with E-state index in [-0.39, 0.29) is 27.5 Å². The number of hydrogen-bond donors (Lipinski definition) is 1. The van der Waals surface area contributed by atoms with Crippen LogP contribution in [-0.4, -0.2) is 29.8 Å². The summed E-state index contributed by atoms with van der Waals surface area (Å²) in [5, 5.41) is 18.6. The molecule has 2 aromatic carbocycles. The molecule has 0 spiro atoms. The highest BCUT2D eigenvalue weighted by atomic mass is 36.0. The van der Waals surface area contributed by atoms with E-state index < -0.39 is 15.0 Å². The van der Waals surface area contributed by atoms with E-state index in [1.807, 2.05) is 0 Å². The van der Waals surface area contributed by atoms with E-state index in [0.717, 1.165) is 0 Å². The molecule has 1 N–H and O–H groups in total. The van der Waals surface area contributed by atoms with Gasteiger partial charge in [-0.15, -0.1) is 0 Å². The molecule has 0 amide bonds. The maximum Gasteiger partial charge on any atom is 0.339 e. The zero-order valence-electron chi connectivity index (χ0n) is 15.8. The van der Waals surface area contributed by atoms with Crippen LogP contribution in [0, 0.1) is 20.2 Å². The number of benzene rings is 2. The first-order chi connectivity index (χ1) is 15.4. The number of rotatable bonds is 2. The fourth-order valence-electron chi connectivity index (χ4n) is 2.30.